The van der Waals surface area contributed by atoms with Crippen molar-refractivity contribution < 1.29 is 9.84 Å². The van der Waals surface area contributed by atoms with Crippen LogP contribution in [0.2, 0.25) is 0 Å². The molecule has 4 N–H and O–H groups in total. The predicted octanol–water partition coefficient (Wildman–Crippen LogP) is 2.58. The van der Waals surface area contributed by atoms with E-state index in [9.17, 15) is 5.11 Å². The molecule has 1 unspecified atom stereocenters. The van der Waals surface area contributed by atoms with Gasteiger partial charge in [-0.3, -0.25) is 5.32 Å². The van der Waals surface area contributed by atoms with E-state index < -0.39 is 5.72 Å². The molecule has 4 heteroatoms. The monoisotopic (exact) mass is 272 g/mol. The zero-order valence-electron chi connectivity index (χ0n) is 11.8. The summed E-state index contributed by atoms with van der Waals surface area (Å²) in [5.41, 5.74) is 7.33. The molecule has 0 fully saturated rings. The summed E-state index contributed by atoms with van der Waals surface area (Å²) in [5, 5.41) is 13.3. The van der Waals surface area contributed by atoms with Gasteiger partial charge in [-0.1, -0.05) is 30.3 Å². The van der Waals surface area contributed by atoms with Gasteiger partial charge in [0.15, 0.2) is 0 Å². The Morgan fingerprint density at radius 1 is 1.20 bits per heavy atom. The highest BCUT2D eigenvalue weighted by atomic mass is 16.5. The molecule has 0 radical (unpaired) electrons. The first-order valence-electron chi connectivity index (χ1n) is 6.48. The molecule has 0 spiro atoms. The van der Waals surface area contributed by atoms with E-state index in [0.29, 0.717) is 17.8 Å². The summed E-state index contributed by atoms with van der Waals surface area (Å²) < 4.78 is 5.55. The standard InChI is InChI=1S/C16H20N2O2/c1-16(20-2,14-10-13(17)8-9-15(14)19)18-11-12-6-4-3-5-7-12/h3-10,18-19H,11,17H2,1-2H3. The lowest BCUT2D eigenvalue weighted by Gasteiger charge is -2.31. The first-order chi connectivity index (χ1) is 9.55. The average Bonchev–Trinajstić information content (AvgIpc) is 2.48. The molecule has 0 saturated carbocycles. The van der Waals surface area contributed by atoms with Crippen molar-refractivity contribution in [2.45, 2.75) is 19.2 Å². The summed E-state index contributed by atoms with van der Waals surface area (Å²) in [6.45, 7) is 2.49. The summed E-state index contributed by atoms with van der Waals surface area (Å²) >= 11 is 0. The van der Waals surface area contributed by atoms with Crippen molar-refractivity contribution in [1.82, 2.24) is 5.32 Å². The highest BCUT2D eigenvalue weighted by molar-refractivity contribution is 5.49. The Balaban J connectivity index is 2.22. The smallest absolute Gasteiger partial charge is 0.146 e. The van der Waals surface area contributed by atoms with E-state index in [1.54, 1.807) is 25.3 Å². The number of rotatable bonds is 5. The largest absolute Gasteiger partial charge is 0.508 e. The molecular formula is C16H20N2O2. The van der Waals surface area contributed by atoms with E-state index in [4.69, 9.17) is 10.5 Å². The number of aromatic hydroxyl groups is 1. The van der Waals surface area contributed by atoms with Gasteiger partial charge in [-0.2, -0.15) is 0 Å². The molecule has 0 saturated heterocycles. The lowest BCUT2D eigenvalue weighted by atomic mass is 10.0. The van der Waals surface area contributed by atoms with Gasteiger partial charge in [0.2, 0.25) is 0 Å². The van der Waals surface area contributed by atoms with Gasteiger partial charge in [0.25, 0.3) is 0 Å². The topological polar surface area (TPSA) is 67.5 Å². The zero-order chi connectivity index (χ0) is 14.6. The van der Waals surface area contributed by atoms with Crippen LogP contribution >= 0.6 is 0 Å². The van der Waals surface area contributed by atoms with Gasteiger partial charge in [0.05, 0.1) is 0 Å². The van der Waals surface area contributed by atoms with E-state index in [1.165, 1.54) is 0 Å². The van der Waals surface area contributed by atoms with Crippen molar-refractivity contribution in [3.8, 4) is 5.75 Å². The van der Waals surface area contributed by atoms with Crippen LogP contribution in [0.3, 0.4) is 0 Å². The van der Waals surface area contributed by atoms with Crippen LogP contribution in [-0.4, -0.2) is 12.2 Å². The summed E-state index contributed by atoms with van der Waals surface area (Å²) in [4.78, 5) is 0. The van der Waals surface area contributed by atoms with Crippen LogP contribution in [0.5, 0.6) is 5.75 Å². The Labute approximate surface area is 119 Å². The molecule has 20 heavy (non-hydrogen) atoms. The molecule has 0 heterocycles. The van der Waals surface area contributed by atoms with Crippen LogP contribution in [0.4, 0.5) is 5.69 Å². The second-order valence-electron chi connectivity index (χ2n) is 4.85. The molecule has 2 rings (SSSR count). The number of nitrogens with two attached hydrogens (primary N) is 1. The van der Waals surface area contributed by atoms with E-state index in [1.807, 2.05) is 37.3 Å². The molecule has 4 nitrogen and oxygen atoms in total. The van der Waals surface area contributed by atoms with Crippen molar-refractivity contribution in [3.63, 3.8) is 0 Å². The Morgan fingerprint density at radius 3 is 2.55 bits per heavy atom. The Bertz CT molecular complexity index is 572. The fraction of sp³-hybridized carbons (Fsp3) is 0.250. The van der Waals surface area contributed by atoms with E-state index >= 15 is 0 Å². The van der Waals surface area contributed by atoms with Crippen molar-refractivity contribution in [2.24, 2.45) is 0 Å². The van der Waals surface area contributed by atoms with Gasteiger partial charge in [-0.05, 0) is 30.7 Å². The maximum absolute atomic E-state index is 10.0. The number of methoxy groups -OCH3 is 1. The molecule has 0 aliphatic heterocycles. The quantitative estimate of drug-likeness (QED) is 0.444. The molecule has 1 atom stereocenters. The van der Waals surface area contributed by atoms with Crippen LogP contribution < -0.4 is 11.1 Å². The zero-order valence-corrected chi connectivity index (χ0v) is 11.8. The second-order valence-corrected chi connectivity index (χ2v) is 4.85. The number of anilines is 1. The lowest BCUT2D eigenvalue weighted by Crippen LogP contribution is -2.41. The molecule has 2 aromatic carbocycles. The number of nitrogen functional groups attached to an aromatic ring is 1. The van der Waals surface area contributed by atoms with Crippen LogP contribution in [0, 0.1) is 0 Å². The highest BCUT2D eigenvalue weighted by Crippen LogP contribution is 2.31. The molecule has 0 amide bonds. The van der Waals surface area contributed by atoms with E-state index in [-0.39, 0.29) is 5.75 Å². The molecule has 106 valence electrons. The summed E-state index contributed by atoms with van der Waals surface area (Å²) in [6, 6.07) is 15.0. The van der Waals surface area contributed by atoms with E-state index in [0.717, 1.165) is 5.56 Å². The fourth-order valence-electron chi connectivity index (χ4n) is 2.08. The van der Waals surface area contributed by atoms with Crippen LogP contribution in [0.1, 0.15) is 18.1 Å². The number of phenols is 1. The van der Waals surface area contributed by atoms with Crippen molar-refractivity contribution in [1.29, 1.82) is 0 Å². The van der Waals surface area contributed by atoms with Crippen molar-refractivity contribution in [3.05, 3.63) is 59.7 Å². The molecule has 2 aromatic rings. The van der Waals surface area contributed by atoms with E-state index in [2.05, 4.69) is 5.32 Å². The third kappa shape index (κ3) is 3.10. The number of hydrogen-bond donors (Lipinski definition) is 3. The van der Waals surface area contributed by atoms with Crippen molar-refractivity contribution >= 4 is 5.69 Å². The van der Waals surface area contributed by atoms with Gasteiger partial charge >= 0.3 is 0 Å². The first kappa shape index (κ1) is 14.4. The SMILES string of the molecule is COC(C)(NCc1ccccc1)c1cc(N)ccc1O. The summed E-state index contributed by atoms with van der Waals surface area (Å²) in [5.74, 6) is 0.157. The average molecular weight is 272 g/mol. The Kier molecular flexibility index (Phi) is 4.27. The number of nitrogens with one attached hydrogen (secondary N) is 1. The third-order valence-corrected chi connectivity index (χ3v) is 3.42. The maximum atomic E-state index is 10.0. The summed E-state index contributed by atoms with van der Waals surface area (Å²) in [6.07, 6.45) is 0. The van der Waals surface area contributed by atoms with Crippen LogP contribution in [0.25, 0.3) is 0 Å². The molecule has 0 aromatic heterocycles. The normalized spacial score (nSPS) is 13.9. The first-order valence-corrected chi connectivity index (χ1v) is 6.48. The van der Waals surface area contributed by atoms with Gasteiger partial charge in [-0.25, -0.2) is 0 Å². The molecular weight excluding hydrogens is 252 g/mol. The molecule has 0 aliphatic rings. The number of ether oxygens (including phenoxy) is 1. The minimum Gasteiger partial charge on any atom is -0.508 e. The predicted molar refractivity (Wildman–Crippen MR) is 80.2 cm³/mol. The minimum absolute atomic E-state index is 0.157. The molecule has 0 aliphatic carbocycles. The highest BCUT2D eigenvalue weighted by Gasteiger charge is 2.28. The summed E-state index contributed by atoms with van der Waals surface area (Å²) in [7, 11) is 1.60. The van der Waals surface area contributed by atoms with Gasteiger partial charge in [0, 0.05) is 24.9 Å². The Hall–Kier alpha value is -2.04. The fourth-order valence-corrected chi connectivity index (χ4v) is 2.08. The van der Waals surface area contributed by atoms with Crippen LogP contribution in [0.15, 0.2) is 48.5 Å². The minimum atomic E-state index is -0.810. The Morgan fingerprint density at radius 2 is 1.90 bits per heavy atom. The van der Waals surface area contributed by atoms with Crippen LogP contribution in [-0.2, 0) is 17.0 Å². The lowest BCUT2D eigenvalue weighted by molar-refractivity contribution is -0.0318. The van der Waals surface area contributed by atoms with Gasteiger partial charge < -0.3 is 15.6 Å². The number of hydrogen-bond acceptors (Lipinski definition) is 4. The van der Waals surface area contributed by atoms with Crippen molar-refractivity contribution in [2.75, 3.05) is 12.8 Å². The molecule has 0 bridgehead atoms. The number of benzene rings is 2. The van der Waals surface area contributed by atoms with Gasteiger partial charge in [-0.15, -0.1) is 0 Å². The number of phenolic OH excluding ortho intramolecular Hbond substituents is 1. The maximum Gasteiger partial charge on any atom is 0.146 e. The van der Waals surface area contributed by atoms with Gasteiger partial charge in [0.1, 0.15) is 11.5 Å². The second kappa shape index (κ2) is 5.94. The third-order valence-electron chi connectivity index (χ3n) is 3.42.